The zero-order chi connectivity index (χ0) is 23.8. The van der Waals surface area contributed by atoms with Gasteiger partial charge in [-0.05, 0) is 51.0 Å². The maximum absolute atomic E-state index is 13.0. The Balaban J connectivity index is 1.53. The van der Waals surface area contributed by atoms with Gasteiger partial charge in [0.1, 0.15) is 23.6 Å². The molecule has 0 saturated heterocycles. The third-order valence-corrected chi connectivity index (χ3v) is 5.26. The Labute approximate surface area is 193 Å². The summed E-state index contributed by atoms with van der Waals surface area (Å²) in [5, 5.41) is 21.2. The number of benzene rings is 2. The first-order chi connectivity index (χ1) is 15.9. The van der Waals surface area contributed by atoms with Gasteiger partial charge in [-0.2, -0.15) is 10.5 Å². The number of hydrogen-bond acceptors (Lipinski definition) is 6. The molecule has 1 aliphatic rings. The first kappa shape index (κ1) is 23.6. The summed E-state index contributed by atoms with van der Waals surface area (Å²) in [4.78, 5) is 27.2. The highest BCUT2D eigenvalue weighted by Crippen LogP contribution is 2.28. The van der Waals surface area contributed by atoms with Crippen molar-refractivity contribution >= 4 is 11.8 Å². The molecule has 1 N–H and O–H groups in total. The maximum atomic E-state index is 13.0. The molecule has 2 aromatic rings. The Kier molecular flexibility index (Phi) is 7.88. The quantitative estimate of drug-likeness (QED) is 0.600. The fourth-order valence-corrected chi connectivity index (χ4v) is 3.34. The summed E-state index contributed by atoms with van der Waals surface area (Å²) < 4.78 is 11.4. The summed E-state index contributed by atoms with van der Waals surface area (Å²) in [5.41, 5.74) is 0.726. The van der Waals surface area contributed by atoms with Crippen molar-refractivity contribution in [2.75, 3.05) is 13.1 Å². The minimum Gasteiger partial charge on any atom is -0.480 e. The van der Waals surface area contributed by atoms with Crippen LogP contribution in [0.25, 0.3) is 0 Å². The highest BCUT2D eigenvalue weighted by atomic mass is 16.5. The summed E-state index contributed by atoms with van der Waals surface area (Å²) in [6.45, 7) is 3.86. The van der Waals surface area contributed by atoms with E-state index in [-0.39, 0.29) is 24.4 Å². The SMILES string of the molecule is C[C@H](Oc1ccccc1C#N)C(=O)NCCN(C(=O)[C@H](C)Oc1ccccc1C#N)C1CC1. The Hall–Kier alpha value is -4.04. The van der Waals surface area contributed by atoms with Crippen LogP contribution in [0.2, 0.25) is 0 Å². The van der Waals surface area contributed by atoms with Crippen molar-refractivity contribution in [2.45, 2.75) is 44.9 Å². The van der Waals surface area contributed by atoms with Gasteiger partial charge in [0.15, 0.2) is 12.2 Å². The van der Waals surface area contributed by atoms with E-state index in [4.69, 9.17) is 14.7 Å². The lowest BCUT2D eigenvalue weighted by atomic mass is 10.2. The van der Waals surface area contributed by atoms with E-state index in [1.165, 1.54) is 0 Å². The Morgan fingerprint density at radius 2 is 1.48 bits per heavy atom. The molecular weight excluding hydrogens is 420 g/mol. The molecule has 0 radical (unpaired) electrons. The molecule has 0 aliphatic heterocycles. The van der Waals surface area contributed by atoms with E-state index in [1.54, 1.807) is 67.3 Å². The molecule has 8 heteroatoms. The van der Waals surface area contributed by atoms with Gasteiger partial charge in [0.25, 0.3) is 11.8 Å². The molecule has 0 spiro atoms. The average molecular weight is 447 g/mol. The summed E-state index contributed by atoms with van der Waals surface area (Å²) >= 11 is 0. The van der Waals surface area contributed by atoms with Crippen molar-refractivity contribution in [3.63, 3.8) is 0 Å². The summed E-state index contributed by atoms with van der Waals surface area (Å²) in [5.74, 6) is 0.194. The van der Waals surface area contributed by atoms with Crippen LogP contribution in [0.5, 0.6) is 11.5 Å². The van der Waals surface area contributed by atoms with Gasteiger partial charge in [-0.1, -0.05) is 24.3 Å². The van der Waals surface area contributed by atoms with Gasteiger partial charge in [0.2, 0.25) is 0 Å². The predicted octanol–water partition coefficient (Wildman–Crippen LogP) is 2.77. The molecule has 0 heterocycles. The van der Waals surface area contributed by atoms with Crippen LogP contribution in [0.1, 0.15) is 37.8 Å². The highest BCUT2D eigenvalue weighted by Gasteiger charge is 2.35. The molecule has 2 amide bonds. The van der Waals surface area contributed by atoms with Crippen molar-refractivity contribution in [2.24, 2.45) is 0 Å². The fraction of sp³-hybridized carbons (Fsp3) is 0.360. The molecule has 2 aromatic carbocycles. The van der Waals surface area contributed by atoms with Crippen molar-refractivity contribution < 1.29 is 19.1 Å². The largest absolute Gasteiger partial charge is 0.480 e. The van der Waals surface area contributed by atoms with E-state index in [9.17, 15) is 14.9 Å². The van der Waals surface area contributed by atoms with Gasteiger partial charge in [-0.15, -0.1) is 0 Å². The molecule has 2 atom stereocenters. The van der Waals surface area contributed by atoms with E-state index in [1.807, 2.05) is 6.07 Å². The molecule has 0 unspecified atom stereocenters. The zero-order valence-electron chi connectivity index (χ0n) is 18.7. The van der Waals surface area contributed by atoms with Gasteiger partial charge < -0.3 is 19.7 Å². The van der Waals surface area contributed by atoms with E-state index in [0.29, 0.717) is 29.2 Å². The summed E-state index contributed by atoms with van der Waals surface area (Å²) in [6.07, 6.45) is 0.256. The number of nitrogens with one attached hydrogen (secondary N) is 1. The summed E-state index contributed by atoms with van der Waals surface area (Å²) in [7, 11) is 0. The first-order valence-electron chi connectivity index (χ1n) is 10.8. The van der Waals surface area contributed by atoms with Gasteiger partial charge >= 0.3 is 0 Å². The number of hydrogen-bond donors (Lipinski definition) is 1. The molecule has 3 rings (SSSR count). The molecule has 0 aromatic heterocycles. The normalized spacial score (nSPS) is 14.2. The molecule has 170 valence electrons. The lowest BCUT2D eigenvalue weighted by molar-refractivity contribution is -0.139. The molecule has 0 bridgehead atoms. The van der Waals surface area contributed by atoms with Gasteiger partial charge in [0, 0.05) is 19.1 Å². The minimum atomic E-state index is -0.797. The average Bonchev–Trinajstić information content (AvgIpc) is 3.67. The van der Waals surface area contributed by atoms with Gasteiger partial charge in [-0.3, -0.25) is 9.59 Å². The third-order valence-electron chi connectivity index (χ3n) is 5.26. The van der Waals surface area contributed by atoms with E-state index in [2.05, 4.69) is 11.4 Å². The Bertz CT molecular complexity index is 1080. The molecule has 8 nitrogen and oxygen atoms in total. The number of carbonyl (C=O) groups is 2. The van der Waals surface area contributed by atoms with Crippen molar-refractivity contribution in [1.29, 1.82) is 10.5 Å². The second-order valence-corrected chi connectivity index (χ2v) is 7.79. The second kappa shape index (κ2) is 11.0. The van der Waals surface area contributed by atoms with Crippen molar-refractivity contribution in [3.8, 4) is 23.6 Å². The molecule has 1 aliphatic carbocycles. The summed E-state index contributed by atoms with van der Waals surface area (Å²) in [6, 6.07) is 17.7. The second-order valence-electron chi connectivity index (χ2n) is 7.79. The zero-order valence-corrected chi connectivity index (χ0v) is 18.7. The number of nitriles is 2. The van der Waals surface area contributed by atoms with E-state index < -0.39 is 12.2 Å². The number of ether oxygens (including phenoxy) is 2. The molecular formula is C25H26N4O4. The maximum Gasteiger partial charge on any atom is 0.263 e. The van der Waals surface area contributed by atoms with Crippen molar-refractivity contribution in [1.82, 2.24) is 10.2 Å². The highest BCUT2D eigenvalue weighted by molar-refractivity contribution is 5.82. The molecule has 1 saturated carbocycles. The smallest absolute Gasteiger partial charge is 0.263 e. The lowest BCUT2D eigenvalue weighted by Crippen LogP contribution is -2.46. The fourth-order valence-electron chi connectivity index (χ4n) is 3.34. The van der Waals surface area contributed by atoms with Crippen LogP contribution in [-0.2, 0) is 9.59 Å². The number of rotatable bonds is 10. The Morgan fingerprint density at radius 1 is 0.970 bits per heavy atom. The predicted molar refractivity (Wildman–Crippen MR) is 120 cm³/mol. The monoisotopic (exact) mass is 446 g/mol. The van der Waals surface area contributed by atoms with Crippen LogP contribution in [0, 0.1) is 22.7 Å². The topological polar surface area (TPSA) is 115 Å². The third kappa shape index (κ3) is 6.24. The number of amides is 2. The van der Waals surface area contributed by atoms with Gasteiger partial charge in [-0.25, -0.2) is 0 Å². The number of carbonyl (C=O) groups excluding carboxylic acids is 2. The van der Waals surface area contributed by atoms with E-state index >= 15 is 0 Å². The molecule has 33 heavy (non-hydrogen) atoms. The van der Waals surface area contributed by atoms with Crippen LogP contribution >= 0.6 is 0 Å². The van der Waals surface area contributed by atoms with Crippen LogP contribution in [0.15, 0.2) is 48.5 Å². The molecule has 1 fully saturated rings. The van der Waals surface area contributed by atoms with Crippen LogP contribution in [0.3, 0.4) is 0 Å². The first-order valence-corrected chi connectivity index (χ1v) is 10.8. The number of nitrogens with zero attached hydrogens (tertiary/aromatic N) is 3. The van der Waals surface area contributed by atoms with Crippen LogP contribution in [-0.4, -0.2) is 48.1 Å². The minimum absolute atomic E-state index is 0.128. The van der Waals surface area contributed by atoms with Crippen molar-refractivity contribution in [3.05, 3.63) is 59.7 Å². The van der Waals surface area contributed by atoms with Crippen LogP contribution in [0.4, 0.5) is 0 Å². The van der Waals surface area contributed by atoms with Crippen LogP contribution < -0.4 is 14.8 Å². The Morgan fingerprint density at radius 3 is 2.00 bits per heavy atom. The van der Waals surface area contributed by atoms with E-state index in [0.717, 1.165) is 12.8 Å². The standard InChI is InChI=1S/C25H26N4O4/c1-17(32-22-9-5-3-7-19(22)15-26)24(30)28-13-14-29(21-11-12-21)25(31)18(2)33-23-10-6-4-8-20(23)16-27/h3-10,17-18,21H,11-14H2,1-2H3,(H,28,30)/t17-,18-/m0/s1. The van der Waals surface area contributed by atoms with Gasteiger partial charge in [0.05, 0.1) is 11.1 Å². The lowest BCUT2D eigenvalue weighted by Gasteiger charge is -2.26. The number of para-hydroxylation sites is 2.